The number of carbonyl (C=O) groups excluding carboxylic acids is 3. The van der Waals surface area contributed by atoms with Gasteiger partial charge in [-0.2, -0.15) is 0 Å². The van der Waals surface area contributed by atoms with E-state index < -0.39 is 18.3 Å². The molecule has 10 heteroatoms. The van der Waals surface area contributed by atoms with Crippen LogP contribution in [0.15, 0.2) is 0 Å². The summed E-state index contributed by atoms with van der Waals surface area (Å²) in [5.41, 5.74) is 0. The topological polar surface area (TPSA) is 94.2 Å². The minimum atomic E-state index is -0.714. The number of alkyl carbamates (subject to hydrolysis) is 1. The Morgan fingerprint density at radius 1 is 0.714 bits per heavy atom. The molecular weight excluding hydrogens is 649 g/mol. The van der Waals surface area contributed by atoms with Gasteiger partial charge in [-0.15, -0.1) is 0 Å². The molecule has 0 aromatic rings. The minimum Gasteiger partial charge on any atom is -1.00 e. The van der Waals surface area contributed by atoms with Crippen molar-refractivity contribution in [3.8, 4) is 0 Å². The van der Waals surface area contributed by atoms with E-state index in [0.29, 0.717) is 19.5 Å². The van der Waals surface area contributed by atoms with Gasteiger partial charge in [-0.05, 0) is 6.42 Å². The maximum Gasteiger partial charge on any atom is 0.416 e. The molecule has 0 saturated carbocycles. The Morgan fingerprint density at radius 2 is 1.17 bits per heavy atom. The first-order valence-electron chi connectivity index (χ1n) is 16.3. The molecule has 9 nitrogen and oxygen atoms in total. The van der Waals surface area contributed by atoms with Crippen molar-refractivity contribution in [1.82, 2.24) is 10.2 Å². The Balaban J connectivity index is 0. The van der Waals surface area contributed by atoms with Gasteiger partial charge in [0.25, 0.3) is 0 Å². The van der Waals surface area contributed by atoms with Gasteiger partial charge in [-0.3, -0.25) is 4.79 Å². The lowest BCUT2D eigenvalue weighted by Gasteiger charge is -2.26. The number of nitrogens with zero attached hydrogens (tertiary/aromatic N) is 2. The Morgan fingerprint density at radius 3 is 1.60 bits per heavy atom. The van der Waals surface area contributed by atoms with Gasteiger partial charge in [0.15, 0.2) is 0 Å². The second-order valence-electron chi connectivity index (χ2n) is 12.3. The zero-order valence-electron chi connectivity index (χ0n) is 27.9. The summed E-state index contributed by atoms with van der Waals surface area (Å²) in [6.07, 6.45) is 19.8. The van der Waals surface area contributed by atoms with E-state index in [1.54, 1.807) is 0 Å². The van der Waals surface area contributed by atoms with Crippen LogP contribution in [0.5, 0.6) is 0 Å². The van der Waals surface area contributed by atoms with Crippen molar-refractivity contribution in [2.45, 2.75) is 129 Å². The van der Waals surface area contributed by atoms with Crippen LogP contribution in [-0.4, -0.2) is 94.7 Å². The van der Waals surface area contributed by atoms with Crippen molar-refractivity contribution in [3.05, 3.63) is 0 Å². The smallest absolute Gasteiger partial charge is 0.416 e. The number of ether oxygens (including phenoxy) is 3. The molecule has 3 amide bonds. The van der Waals surface area contributed by atoms with Crippen LogP contribution in [0.3, 0.4) is 0 Å². The molecule has 0 saturated heterocycles. The Hall–Kier alpha value is -1.14. The quantitative estimate of drug-likeness (QED) is 0.0826. The molecule has 0 bridgehead atoms. The standard InChI is InChI=1S/C32H63N3O6.HI/c1-7-8-9-10-11-12-13-14-15-16-17-18-19-20-21-22-24-33-31(37)40-27-30(39-6)28-41-32(38)34(29(2)36)25-23-26-35(3,4)5;/h30H,7-28H2,1-6H3;1H. The second kappa shape index (κ2) is 28.6. The summed E-state index contributed by atoms with van der Waals surface area (Å²) in [5, 5.41) is 2.77. The first-order chi connectivity index (χ1) is 19.6. The number of amides is 3. The first kappa shape index (κ1) is 43.0. The van der Waals surface area contributed by atoms with Crippen LogP contribution in [-0.2, 0) is 19.0 Å². The first-order valence-corrected chi connectivity index (χ1v) is 16.3. The van der Waals surface area contributed by atoms with Gasteiger partial charge in [-0.25, -0.2) is 14.5 Å². The SMILES string of the molecule is CCCCCCCCCCCCCCCCCCNC(=O)OCC(COC(=O)N(CCC[N+](C)(C)C)C(C)=O)OC.[I-]. The molecule has 0 aromatic heterocycles. The maximum absolute atomic E-state index is 12.4. The highest BCUT2D eigenvalue weighted by Gasteiger charge is 2.22. The molecule has 0 rings (SSSR count). The molecule has 1 N–H and O–H groups in total. The largest absolute Gasteiger partial charge is 1.00 e. The zero-order chi connectivity index (χ0) is 30.8. The highest BCUT2D eigenvalue weighted by Crippen LogP contribution is 2.13. The van der Waals surface area contributed by atoms with Crippen molar-refractivity contribution in [2.75, 3.05) is 61.1 Å². The molecule has 0 aromatic carbocycles. The van der Waals surface area contributed by atoms with Crippen molar-refractivity contribution in [3.63, 3.8) is 0 Å². The van der Waals surface area contributed by atoms with E-state index in [-0.39, 0.29) is 43.1 Å². The van der Waals surface area contributed by atoms with E-state index in [0.717, 1.165) is 28.8 Å². The fourth-order valence-electron chi connectivity index (χ4n) is 4.59. The molecule has 0 aliphatic carbocycles. The summed E-state index contributed by atoms with van der Waals surface area (Å²) in [6, 6.07) is 0. The number of imide groups is 1. The average molecular weight is 714 g/mol. The summed E-state index contributed by atoms with van der Waals surface area (Å²) in [5.74, 6) is -0.366. The minimum absolute atomic E-state index is 0. The van der Waals surface area contributed by atoms with E-state index in [2.05, 4.69) is 33.4 Å². The number of hydrogen-bond donors (Lipinski definition) is 1. The molecule has 42 heavy (non-hydrogen) atoms. The van der Waals surface area contributed by atoms with Gasteiger partial charge >= 0.3 is 12.2 Å². The van der Waals surface area contributed by atoms with E-state index in [4.69, 9.17) is 14.2 Å². The van der Waals surface area contributed by atoms with Crippen LogP contribution in [0, 0.1) is 0 Å². The zero-order valence-corrected chi connectivity index (χ0v) is 30.0. The van der Waals surface area contributed by atoms with Crippen LogP contribution in [0.4, 0.5) is 9.59 Å². The number of quaternary nitrogens is 1. The van der Waals surface area contributed by atoms with Crippen molar-refractivity contribution >= 4 is 18.1 Å². The van der Waals surface area contributed by atoms with E-state index in [9.17, 15) is 14.4 Å². The highest BCUT2D eigenvalue weighted by atomic mass is 127. The number of hydrogen-bond acceptors (Lipinski definition) is 6. The molecule has 0 aliphatic rings. The summed E-state index contributed by atoms with van der Waals surface area (Å²) in [7, 11) is 7.62. The number of nitrogens with one attached hydrogen (secondary N) is 1. The van der Waals surface area contributed by atoms with Crippen LogP contribution >= 0.6 is 0 Å². The van der Waals surface area contributed by atoms with Gasteiger partial charge in [0.2, 0.25) is 5.91 Å². The fraction of sp³-hybridized carbons (Fsp3) is 0.906. The summed E-state index contributed by atoms with van der Waals surface area (Å²) >= 11 is 0. The van der Waals surface area contributed by atoms with Gasteiger partial charge in [-0.1, -0.05) is 103 Å². The molecule has 0 spiro atoms. The third-order valence-electron chi connectivity index (χ3n) is 7.24. The lowest BCUT2D eigenvalue weighted by molar-refractivity contribution is -0.870. The van der Waals surface area contributed by atoms with E-state index in [1.165, 1.54) is 104 Å². The van der Waals surface area contributed by atoms with Crippen LogP contribution in [0.2, 0.25) is 0 Å². The monoisotopic (exact) mass is 713 g/mol. The predicted octanol–water partition coefficient (Wildman–Crippen LogP) is 4.07. The fourth-order valence-corrected chi connectivity index (χ4v) is 4.59. The number of carbonyl (C=O) groups is 3. The maximum atomic E-state index is 12.4. The Labute approximate surface area is 274 Å². The van der Waals surface area contributed by atoms with Gasteiger partial charge in [0.1, 0.15) is 19.3 Å². The summed E-state index contributed by atoms with van der Waals surface area (Å²) in [4.78, 5) is 37.4. The molecule has 1 atom stereocenters. The number of rotatable bonds is 26. The molecule has 0 heterocycles. The third-order valence-corrected chi connectivity index (χ3v) is 7.24. The molecular formula is C32H64IN3O6. The normalized spacial score (nSPS) is 11.9. The van der Waals surface area contributed by atoms with E-state index >= 15 is 0 Å². The lowest BCUT2D eigenvalue weighted by atomic mass is 10.0. The van der Waals surface area contributed by atoms with Crippen LogP contribution in [0.1, 0.15) is 123 Å². The number of halogens is 1. The van der Waals surface area contributed by atoms with Gasteiger partial charge in [0, 0.05) is 33.5 Å². The third kappa shape index (κ3) is 27.7. The second-order valence-corrected chi connectivity index (χ2v) is 12.3. The highest BCUT2D eigenvalue weighted by molar-refractivity contribution is 5.90. The van der Waals surface area contributed by atoms with Crippen molar-refractivity contribution < 1.29 is 57.1 Å². The number of unbranched alkanes of at least 4 members (excludes halogenated alkanes) is 15. The van der Waals surface area contributed by atoms with Crippen LogP contribution in [0.25, 0.3) is 0 Å². The van der Waals surface area contributed by atoms with Gasteiger partial charge in [0.05, 0.1) is 27.7 Å². The van der Waals surface area contributed by atoms with E-state index in [1.807, 2.05) is 0 Å². The molecule has 1 unspecified atom stereocenters. The summed E-state index contributed by atoms with van der Waals surface area (Å²) < 4.78 is 16.5. The molecule has 0 radical (unpaired) electrons. The lowest BCUT2D eigenvalue weighted by Crippen LogP contribution is -3.00. The predicted molar refractivity (Wildman–Crippen MR) is 166 cm³/mol. The number of methoxy groups -OCH3 is 1. The average Bonchev–Trinajstić information content (AvgIpc) is 2.92. The summed E-state index contributed by atoms with van der Waals surface area (Å²) in [6.45, 7) is 5.14. The Kier molecular flexibility index (Phi) is 29.3. The Bertz CT molecular complexity index is 675. The van der Waals surface area contributed by atoms with Gasteiger partial charge < -0.3 is 48.0 Å². The molecule has 0 aliphatic heterocycles. The molecule has 0 fully saturated rings. The van der Waals surface area contributed by atoms with Crippen molar-refractivity contribution in [2.24, 2.45) is 0 Å². The van der Waals surface area contributed by atoms with Crippen molar-refractivity contribution in [1.29, 1.82) is 0 Å². The molecule has 250 valence electrons. The van der Waals surface area contributed by atoms with Crippen LogP contribution < -0.4 is 29.3 Å².